The summed E-state index contributed by atoms with van der Waals surface area (Å²) in [7, 11) is 0. The average molecular weight is 282 g/mol. The molecule has 0 bridgehead atoms. The molecular formula is C16H24ClNO. The highest BCUT2D eigenvalue weighted by molar-refractivity contribution is 6.32. The number of halogens is 1. The lowest BCUT2D eigenvalue weighted by molar-refractivity contribution is 0.204. The zero-order chi connectivity index (χ0) is 13.8. The molecule has 1 aliphatic carbocycles. The molecule has 1 fully saturated rings. The van der Waals surface area contributed by atoms with Gasteiger partial charge in [-0.25, -0.2) is 0 Å². The lowest BCUT2D eigenvalue weighted by Gasteiger charge is -2.35. The van der Waals surface area contributed by atoms with Crippen molar-refractivity contribution in [2.75, 3.05) is 0 Å². The maximum atomic E-state index is 9.42. The molecule has 2 rings (SSSR count). The summed E-state index contributed by atoms with van der Waals surface area (Å²) in [4.78, 5) is 0. The summed E-state index contributed by atoms with van der Waals surface area (Å²) in [5.41, 5.74) is 1.14. The molecular weight excluding hydrogens is 258 g/mol. The van der Waals surface area contributed by atoms with E-state index in [2.05, 4.69) is 19.2 Å². The van der Waals surface area contributed by atoms with Gasteiger partial charge in [-0.15, -0.1) is 0 Å². The molecule has 3 heteroatoms. The number of phenolic OH excluding ortho intramolecular Hbond substituents is 1. The molecule has 0 heterocycles. The molecule has 0 spiro atoms. The van der Waals surface area contributed by atoms with E-state index >= 15 is 0 Å². The minimum absolute atomic E-state index is 0.156. The van der Waals surface area contributed by atoms with Crippen molar-refractivity contribution < 1.29 is 5.11 Å². The summed E-state index contributed by atoms with van der Waals surface area (Å²) in [6, 6.07) is 6.06. The Morgan fingerprint density at radius 2 is 2.05 bits per heavy atom. The van der Waals surface area contributed by atoms with Crippen molar-refractivity contribution in [2.24, 2.45) is 11.8 Å². The van der Waals surface area contributed by atoms with Crippen LogP contribution >= 0.6 is 11.6 Å². The molecule has 1 saturated carbocycles. The van der Waals surface area contributed by atoms with Crippen LogP contribution in [0.4, 0.5) is 0 Å². The molecule has 1 aliphatic rings. The van der Waals surface area contributed by atoms with Crippen LogP contribution in [0.25, 0.3) is 0 Å². The Balaban J connectivity index is 1.94. The predicted octanol–water partition coefficient (Wildman–Crippen LogP) is 4.35. The first-order chi connectivity index (χ1) is 9.08. The van der Waals surface area contributed by atoms with Crippen LogP contribution in [-0.2, 0) is 6.54 Å². The van der Waals surface area contributed by atoms with Gasteiger partial charge in [-0.2, -0.15) is 0 Å². The fourth-order valence-corrected chi connectivity index (χ4v) is 3.32. The van der Waals surface area contributed by atoms with E-state index in [1.165, 1.54) is 25.7 Å². The third-order valence-electron chi connectivity index (χ3n) is 4.26. The fourth-order valence-electron chi connectivity index (χ4n) is 3.12. The number of hydrogen-bond acceptors (Lipinski definition) is 2. The van der Waals surface area contributed by atoms with E-state index in [0.29, 0.717) is 11.1 Å². The Labute approximate surface area is 121 Å². The molecule has 1 aromatic carbocycles. The van der Waals surface area contributed by atoms with Gasteiger partial charge >= 0.3 is 0 Å². The number of benzene rings is 1. The van der Waals surface area contributed by atoms with Gasteiger partial charge in [-0.3, -0.25) is 0 Å². The van der Waals surface area contributed by atoms with Crippen molar-refractivity contribution in [2.45, 2.75) is 52.1 Å². The normalized spacial score (nSPS) is 23.8. The van der Waals surface area contributed by atoms with E-state index in [0.717, 1.165) is 23.9 Å². The van der Waals surface area contributed by atoms with Crippen molar-refractivity contribution in [1.29, 1.82) is 0 Å². The average Bonchev–Trinajstić information content (AvgIpc) is 2.40. The van der Waals surface area contributed by atoms with E-state index < -0.39 is 0 Å². The highest BCUT2D eigenvalue weighted by atomic mass is 35.5. The molecule has 19 heavy (non-hydrogen) atoms. The molecule has 106 valence electrons. The van der Waals surface area contributed by atoms with Crippen molar-refractivity contribution in [3.05, 3.63) is 28.8 Å². The van der Waals surface area contributed by atoms with E-state index in [1.54, 1.807) is 6.07 Å². The number of nitrogens with one attached hydrogen (secondary N) is 1. The first-order valence-electron chi connectivity index (χ1n) is 7.28. The van der Waals surface area contributed by atoms with Crippen LogP contribution < -0.4 is 5.32 Å². The van der Waals surface area contributed by atoms with Gasteiger partial charge in [0.2, 0.25) is 0 Å². The van der Waals surface area contributed by atoms with Gasteiger partial charge in [-0.05, 0) is 42.4 Å². The maximum absolute atomic E-state index is 9.42. The van der Waals surface area contributed by atoms with Gasteiger partial charge in [-0.1, -0.05) is 44.4 Å². The molecule has 0 radical (unpaired) electrons. The lowest BCUT2D eigenvalue weighted by atomic mass is 9.78. The highest BCUT2D eigenvalue weighted by Crippen LogP contribution is 2.30. The topological polar surface area (TPSA) is 32.3 Å². The second-order valence-corrected chi connectivity index (χ2v) is 6.37. The number of rotatable bonds is 4. The smallest absolute Gasteiger partial charge is 0.134 e. The largest absolute Gasteiger partial charge is 0.506 e. The van der Waals surface area contributed by atoms with Crippen molar-refractivity contribution in [3.8, 4) is 5.75 Å². The highest BCUT2D eigenvalue weighted by Gasteiger charge is 2.26. The summed E-state index contributed by atoms with van der Waals surface area (Å²) < 4.78 is 0. The molecule has 2 nitrogen and oxygen atoms in total. The van der Waals surface area contributed by atoms with Crippen LogP contribution in [0.3, 0.4) is 0 Å². The van der Waals surface area contributed by atoms with Crippen LogP contribution in [0.2, 0.25) is 5.02 Å². The summed E-state index contributed by atoms with van der Waals surface area (Å²) in [5.74, 6) is 1.67. The van der Waals surface area contributed by atoms with Crippen LogP contribution in [-0.4, -0.2) is 11.1 Å². The molecule has 2 atom stereocenters. The Hall–Kier alpha value is -0.730. The first kappa shape index (κ1) is 14.7. The first-order valence-corrected chi connectivity index (χ1v) is 7.66. The molecule has 0 amide bonds. The SMILES string of the molecule is CC(C)C1CCCCC1NCc1ccc(O)c(Cl)c1. The van der Waals surface area contributed by atoms with E-state index in [9.17, 15) is 5.11 Å². The Morgan fingerprint density at radius 3 is 2.74 bits per heavy atom. The summed E-state index contributed by atoms with van der Waals surface area (Å²) in [6.45, 7) is 5.47. The van der Waals surface area contributed by atoms with Gasteiger partial charge in [0.05, 0.1) is 5.02 Å². The van der Waals surface area contributed by atoms with Crippen LogP contribution in [0.15, 0.2) is 18.2 Å². The van der Waals surface area contributed by atoms with Crippen LogP contribution in [0, 0.1) is 11.8 Å². The molecule has 0 aromatic heterocycles. The minimum Gasteiger partial charge on any atom is -0.506 e. The predicted molar refractivity (Wildman–Crippen MR) is 80.5 cm³/mol. The minimum atomic E-state index is 0.156. The molecule has 2 N–H and O–H groups in total. The molecule has 0 aliphatic heterocycles. The van der Waals surface area contributed by atoms with Gasteiger partial charge in [0.15, 0.2) is 0 Å². The number of hydrogen-bond donors (Lipinski definition) is 2. The van der Waals surface area contributed by atoms with E-state index in [1.807, 2.05) is 12.1 Å². The maximum Gasteiger partial charge on any atom is 0.134 e. The summed E-state index contributed by atoms with van der Waals surface area (Å²) in [6.07, 6.45) is 5.31. The lowest BCUT2D eigenvalue weighted by Crippen LogP contribution is -2.40. The van der Waals surface area contributed by atoms with E-state index in [-0.39, 0.29) is 5.75 Å². The Bertz CT molecular complexity index is 419. The van der Waals surface area contributed by atoms with Crippen LogP contribution in [0.5, 0.6) is 5.75 Å². The second-order valence-electron chi connectivity index (χ2n) is 5.97. The Morgan fingerprint density at radius 1 is 1.32 bits per heavy atom. The zero-order valence-electron chi connectivity index (χ0n) is 11.8. The quantitative estimate of drug-likeness (QED) is 0.860. The molecule has 0 saturated heterocycles. The van der Waals surface area contributed by atoms with E-state index in [4.69, 9.17) is 11.6 Å². The number of aromatic hydroxyl groups is 1. The van der Waals surface area contributed by atoms with Crippen molar-refractivity contribution in [1.82, 2.24) is 5.32 Å². The fraction of sp³-hybridized carbons (Fsp3) is 0.625. The van der Waals surface area contributed by atoms with Gasteiger partial charge < -0.3 is 10.4 Å². The van der Waals surface area contributed by atoms with Gasteiger partial charge in [0.1, 0.15) is 5.75 Å². The third-order valence-corrected chi connectivity index (χ3v) is 4.56. The summed E-state index contributed by atoms with van der Waals surface area (Å²) >= 11 is 5.94. The molecule has 1 aromatic rings. The summed E-state index contributed by atoms with van der Waals surface area (Å²) in [5, 5.41) is 13.5. The van der Waals surface area contributed by atoms with Crippen LogP contribution in [0.1, 0.15) is 45.1 Å². The monoisotopic (exact) mass is 281 g/mol. The zero-order valence-corrected chi connectivity index (χ0v) is 12.6. The second kappa shape index (κ2) is 6.62. The van der Waals surface area contributed by atoms with Crippen molar-refractivity contribution >= 4 is 11.6 Å². The Kier molecular flexibility index (Phi) is 5.12. The third kappa shape index (κ3) is 3.87. The van der Waals surface area contributed by atoms with Gasteiger partial charge in [0, 0.05) is 12.6 Å². The van der Waals surface area contributed by atoms with Crippen molar-refractivity contribution in [3.63, 3.8) is 0 Å². The van der Waals surface area contributed by atoms with Gasteiger partial charge in [0.25, 0.3) is 0 Å². The standard InChI is InChI=1S/C16H24ClNO/c1-11(2)13-5-3-4-6-15(13)18-10-12-7-8-16(19)14(17)9-12/h7-9,11,13,15,18-19H,3-6,10H2,1-2H3. The molecule has 2 unspecified atom stereocenters. The number of phenols is 1.